The van der Waals surface area contributed by atoms with Crippen molar-refractivity contribution in [2.24, 2.45) is 0 Å². The van der Waals surface area contributed by atoms with Gasteiger partial charge < -0.3 is 0 Å². The lowest BCUT2D eigenvalue weighted by atomic mass is 10.1. The summed E-state index contributed by atoms with van der Waals surface area (Å²) in [6.45, 7) is 0. The third kappa shape index (κ3) is 2.04. The van der Waals surface area contributed by atoms with Crippen LogP contribution in [0.15, 0.2) is 30.6 Å². The van der Waals surface area contributed by atoms with Crippen LogP contribution in [0.1, 0.15) is 11.4 Å². The van der Waals surface area contributed by atoms with Crippen LogP contribution in [0, 0.1) is 11.6 Å². The molecule has 0 fully saturated rings. The van der Waals surface area contributed by atoms with E-state index in [2.05, 4.69) is 15.2 Å². The molecule has 7 heteroatoms. The van der Waals surface area contributed by atoms with Crippen LogP contribution in [0.5, 0.6) is 0 Å². The van der Waals surface area contributed by atoms with E-state index >= 15 is 0 Å². The summed E-state index contributed by atoms with van der Waals surface area (Å²) >= 11 is 5.99. The highest BCUT2D eigenvalue weighted by Gasteiger charge is 2.13. The molecule has 0 saturated heterocycles. The molecule has 0 spiro atoms. The predicted octanol–water partition coefficient (Wildman–Crippen LogP) is 2.65. The topological polar surface area (TPSA) is 43.1 Å². The molecular weight excluding hydrogens is 274 g/mol. The smallest absolute Gasteiger partial charge is 0.180 e. The van der Waals surface area contributed by atoms with E-state index < -0.39 is 11.6 Å². The molecule has 0 saturated carbocycles. The Morgan fingerprint density at radius 2 is 2.00 bits per heavy atom. The first-order chi connectivity index (χ1) is 9.16. The maximum atomic E-state index is 13.6. The number of nitrogens with zero attached hydrogens (tertiary/aromatic N) is 4. The highest BCUT2D eigenvalue weighted by Crippen LogP contribution is 2.18. The lowest BCUT2D eigenvalue weighted by molar-refractivity contribution is 0.500. The van der Waals surface area contributed by atoms with Crippen molar-refractivity contribution in [2.45, 2.75) is 6.42 Å². The van der Waals surface area contributed by atoms with Gasteiger partial charge in [-0.2, -0.15) is 0 Å². The van der Waals surface area contributed by atoms with Crippen molar-refractivity contribution >= 4 is 17.2 Å². The van der Waals surface area contributed by atoms with Crippen LogP contribution in [-0.2, 0) is 6.42 Å². The number of aromatic nitrogens is 4. The van der Waals surface area contributed by atoms with Crippen LogP contribution in [-0.4, -0.2) is 19.6 Å². The van der Waals surface area contributed by atoms with Gasteiger partial charge in [-0.05, 0) is 11.6 Å². The quantitative estimate of drug-likeness (QED) is 0.725. The molecular formula is C12H7ClF2N4. The van der Waals surface area contributed by atoms with Crippen LogP contribution in [0.3, 0.4) is 0 Å². The van der Waals surface area contributed by atoms with Crippen LogP contribution in [0.2, 0.25) is 5.15 Å². The van der Waals surface area contributed by atoms with E-state index in [1.165, 1.54) is 24.5 Å². The van der Waals surface area contributed by atoms with E-state index in [1.54, 1.807) is 4.40 Å². The van der Waals surface area contributed by atoms with Gasteiger partial charge in [0.05, 0.1) is 12.4 Å². The Morgan fingerprint density at radius 1 is 1.16 bits per heavy atom. The summed E-state index contributed by atoms with van der Waals surface area (Å²) in [4.78, 5) is 3.88. The van der Waals surface area contributed by atoms with Gasteiger partial charge in [-0.3, -0.25) is 9.38 Å². The van der Waals surface area contributed by atoms with Crippen LogP contribution in [0.4, 0.5) is 8.78 Å². The van der Waals surface area contributed by atoms with E-state index in [1.807, 2.05) is 0 Å². The van der Waals surface area contributed by atoms with Gasteiger partial charge in [-0.15, -0.1) is 10.2 Å². The molecule has 96 valence electrons. The summed E-state index contributed by atoms with van der Waals surface area (Å²) in [5.41, 5.74) is 0.654. The lowest BCUT2D eigenvalue weighted by Crippen LogP contribution is -2.01. The molecule has 0 bridgehead atoms. The SMILES string of the molecule is Fc1cccc(Cc2nnc3cncc(Cl)n23)c1F. The minimum absolute atomic E-state index is 0.0918. The molecule has 0 atom stereocenters. The standard InChI is InChI=1S/C12H7ClF2N4/c13-9-5-16-6-11-18-17-10(19(9)11)4-7-2-1-3-8(14)12(7)15/h1-3,5-6H,4H2. The van der Waals surface area contributed by atoms with Gasteiger partial charge in [-0.1, -0.05) is 23.7 Å². The highest BCUT2D eigenvalue weighted by atomic mass is 35.5. The minimum atomic E-state index is -0.890. The fourth-order valence-electron chi connectivity index (χ4n) is 1.84. The summed E-state index contributed by atoms with van der Waals surface area (Å²) < 4.78 is 28.3. The Labute approximate surface area is 111 Å². The molecule has 0 aliphatic carbocycles. The molecule has 4 nitrogen and oxygen atoms in total. The highest BCUT2D eigenvalue weighted by molar-refractivity contribution is 6.29. The van der Waals surface area contributed by atoms with Gasteiger partial charge in [0, 0.05) is 6.42 Å². The van der Waals surface area contributed by atoms with Crippen molar-refractivity contribution in [2.75, 3.05) is 0 Å². The van der Waals surface area contributed by atoms with Gasteiger partial charge in [0.2, 0.25) is 0 Å². The maximum Gasteiger partial charge on any atom is 0.180 e. The number of fused-ring (bicyclic) bond motifs is 1. The number of halogens is 3. The second kappa shape index (κ2) is 4.55. The van der Waals surface area contributed by atoms with Crippen molar-refractivity contribution in [1.82, 2.24) is 19.6 Å². The zero-order chi connectivity index (χ0) is 13.4. The summed E-state index contributed by atoms with van der Waals surface area (Å²) in [7, 11) is 0. The lowest BCUT2D eigenvalue weighted by Gasteiger charge is -2.04. The molecule has 0 aliphatic rings. The molecule has 0 aliphatic heterocycles. The van der Waals surface area contributed by atoms with E-state index in [9.17, 15) is 8.78 Å². The summed E-state index contributed by atoms with van der Waals surface area (Å²) in [6, 6.07) is 4.01. The second-order valence-corrected chi connectivity index (χ2v) is 4.32. The van der Waals surface area contributed by atoms with E-state index in [4.69, 9.17) is 11.6 Å². The summed E-state index contributed by atoms with van der Waals surface area (Å²) in [5, 5.41) is 8.11. The average molecular weight is 281 g/mol. The zero-order valence-corrected chi connectivity index (χ0v) is 10.3. The molecule has 0 radical (unpaired) electrons. The molecule has 3 aromatic rings. The van der Waals surface area contributed by atoms with E-state index in [0.717, 1.165) is 6.07 Å². The Balaban J connectivity index is 2.09. The Morgan fingerprint density at radius 3 is 2.84 bits per heavy atom. The zero-order valence-electron chi connectivity index (χ0n) is 9.52. The molecule has 1 aromatic carbocycles. The number of hydrogen-bond donors (Lipinski definition) is 0. The fraction of sp³-hybridized carbons (Fsp3) is 0.0833. The van der Waals surface area contributed by atoms with Gasteiger partial charge in [0.25, 0.3) is 0 Å². The van der Waals surface area contributed by atoms with Gasteiger partial charge in [-0.25, -0.2) is 8.78 Å². The number of benzene rings is 1. The van der Waals surface area contributed by atoms with Crippen molar-refractivity contribution in [3.63, 3.8) is 0 Å². The van der Waals surface area contributed by atoms with Gasteiger partial charge >= 0.3 is 0 Å². The van der Waals surface area contributed by atoms with Crippen molar-refractivity contribution in [1.29, 1.82) is 0 Å². The molecule has 19 heavy (non-hydrogen) atoms. The molecule has 0 unspecified atom stereocenters. The van der Waals surface area contributed by atoms with Gasteiger partial charge in [0.1, 0.15) is 11.0 Å². The van der Waals surface area contributed by atoms with Crippen LogP contribution < -0.4 is 0 Å². The first kappa shape index (κ1) is 12.0. The Kier molecular flexibility index (Phi) is 2.87. The average Bonchev–Trinajstić information content (AvgIpc) is 2.80. The fourth-order valence-corrected chi connectivity index (χ4v) is 2.08. The van der Waals surface area contributed by atoms with Gasteiger partial charge in [0.15, 0.2) is 17.3 Å². The number of rotatable bonds is 2. The second-order valence-electron chi connectivity index (χ2n) is 3.93. The summed E-state index contributed by atoms with van der Waals surface area (Å²) in [5.74, 6) is -1.35. The Hall–Kier alpha value is -2.08. The number of hydrogen-bond acceptors (Lipinski definition) is 3. The molecule has 2 aromatic heterocycles. The monoisotopic (exact) mass is 280 g/mol. The summed E-state index contributed by atoms with van der Waals surface area (Å²) in [6.07, 6.45) is 3.02. The minimum Gasteiger partial charge on any atom is -0.266 e. The van der Waals surface area contributed by atoms with Crippen molar-refractivity contribution in [3.05, 3.63) is 58.8 Å². The first-order valence-corrected chi connectivity index (χ1v) is 5.81. The molecule has 0 amide bonds. The van der Waals surface area contributed by atoms with E-state index in [-0.39, 0.29) is 12.0 Å². The Bertz CT molecular complexity index is 757. The van der Waals surface area contributed by atoms with E-state index in [0.29, 0.717) is 16.6 Å². The van der Waals surface area contributed by atoms with Crippen LogP contribution in [0.25, 0.3) is 5.65 Å². The van der Waals surface area contributed by atoms with Crippen molar-refractivity contribution < 1.29 is 8.78 Å². The first-order valence-electron chi connectivity index (χ1n) is 5.43. The maximum absolute atomic E-state index is 13.6. The largest absolute Gasteiger partial charge is 0.266 e. The van der Waals surface area contributed by atoms with Crippen LogP contribution >= 0.6 is 11.6 Å². The molecule has 3 rings (SSSR count). The molecule has 2 heterocycles. The predicted molar refractivity (Wildman–Crippen MR) is 65.0 cm³/mol. The van der Waals surface area contributed by atoms with Crippen molar-refractivity contribution in [3.8, 4) is 0 Å². The normalized spacial score (nSPS) is 11.1. The molecule has 0 N–H and O–H groups in total. The third-order valence-electron chi connectivity index (χ3n) is 2.72. The third-order valence-corrected chi connectivity index (χ3v) is 2.99.